The topological polar surface area (TPSA) is 108 Å². The number of amides is 4. The second-order valence-electron chi connectivity index (χ2n) is 7.60. The van der Waals surface area contributed by atoms with E-state index in [1.807, 2.05) is 19.9 Å². The molecule has 9 nitrogen and oxygen atoms in total. The highest BCUT2D eigenvalue weighted by molar-refractivity contribution is 6.08. The van der Waals surface area contributed by atoms with Gasteiger partial charge in [-0.3, -0.25) is 24.7 Å². The quantitative estimate of drug-likeness (QED) is 0.439. The number of hydrogen-bond donors (Lipinski definition) is 2. The van der Waals surface area contributed by atoms with E-state index in [0.717, 1.165) is 5.01 Å². The first-order valence-corrected chi connectivity index (χ1v) is 10.1. The summed E-state index contributed by atoms with van der Waals surface area (Å²) in [4.78, 5) is 51.6. The molecule has 1 aliphatic rings. The molecule has 2 N–H and O–H groups in total. The van der Waals surface area contributed by atoms with Gasteiger partial charge < -0.3 is 10.1 Å². The van der Waals surface area contributed by atoms with E-state index < -0.39 is 29.4 Å². The number of nitrogens with one attached hydrogen (secondary N) is 2. The first kappa shape index (κ1) is 23.3. The Kier molecular flexibility index (Phi) is 7.93. The minimum atomic E-state index is -1.23. The summed E-state index contributed by atoms with van der Waals surface area (Å²) in [6.07, 6.45) is 0.330. The summed E-state index contributed by atoms with van der Waals surface area (Å²) >= 11 is 0. The number of ether oxygens (including phenoxy) is 1. The van der Waals surface area contributed by atoms with Crippen molar-refractivity contribution in [3.05, 3.63) is 35.9 Å². The maximum Gasteiger partial charge on any atom is 0.344 e. The van der Waals surface area contributed by atoms with Crippen LogP contribution < -0.4 is 10.7 Å². The lowest BCUT2D eigenvalue weighted by Crippen LogP contribution is -2.51. The Morgan fingerprint density at radius 3 is 2.40 bits per heavy atom. The number of rotatable bonds is 10. The minimum Gasteiger partial charge on any atom is -0.465 e. The standard InChI is InChI=1S/C21H30N4O5/c1-5-21(16-10-8-7-9-11-16)19(28)25(20(29)22-21)23-17(26)13-24(12-15(3)4)14-18(27)30-6-2/h7-11,15H,5-6,12-14H2,1-4H3,(H,22,29)(H,23,26). The molecule has 0 radical (unpaired) electrons. The number of hydrogen-bond acceptors (Lipinski definition) is 6. The van der Waals surface area contributed by atoms with Crippen molar-refractivity contribution in [2.45, 2.75) is 39.7 Å². The Balaban J connectivity index is 2.10. The normalized spacial score (nSPS) is 18.7. The molecule has 0 aliphatic carbocycles. The zero-order valence-electron chi connectivity index (χ0n) is 17.9. The summed E-state index contributed by atoms with van der Waals surface area (Å²) in [5, 5.41) is 3.43. The van der Waals surface area contributed by atoms with Crippen LogP contribution in [0.1, 0.15) is 39.7 Å². The van der Waals surface area contributed by atoms with E-state index >= 15 is 0 Å². The van der Waals surface area contributed by atoms with E-state index in [4.69, 9.17) is 4.74 Å². The second-order valence-corrected chi connectivity index (χ2v) is 7.60. The van der Waals surface area contributed by atoms with Gasteiger partial charge in [0.2, 0.25) is 0 Å². The first-order chi connectivity index (χ1) is 14.2. The molecule has 1 unspecified atom stereocenters. The molecule has 1 aromatic rings. The summed E-state index contributed by atoms with van der Waals surface area (Å²) in [6, 6.07) is 8.22. The monoisotopic (exact) mass is 418 g/mol. The van der Waals surface area contributed by atoms with Crippen molar-refractivity contribution in [2.75, 3.05) is 26.2 Å². The van der Waals surface area contributed by atoms with E-state index in [2.05, 4.69) is 10.7 Å². The number of nitrogens with zero attached hydrogens (tertiary/aromatic N) is 2. The van der Waals surface area contributed by atoms with E-state index in [0.29, 0.717) is 18.5 Å². The molecule has 0 bridgehead atoms. The number of benzene rings is 1. The lowest BCUT2D eigenvalue weighted by molar-refractivity contribution is -0.145. The lowest BCUT2D eigenvalue weighted by atomic mass is 9.87. The van der Waals surface area contributed by atoms with Gasteiger partial charge in [-0.1, -0.05) is 51.1 Å². The van der Waals surface area contributed by atoms with Crippen LogP contribution in [0.2, 0.25) is 0 Å². The summed E-state index contributed by atoms with van der Waals surface area (Å²) in [5.41, 5.74) is 1.80. The van der Waals surface area contributed by atoms with Crippen LogP contribution >= 0.6 is 0 Å². The Hall–Kier alpha value is -2.94. The van der Waals surface area contributed by atoms with Crippen LogP contribution in [0.15, 0.2) is 30.3 Å². The van der Waals surface area contributed by atoms with Gasteiger partial charge in [0.25, 0.3) is 11.8 Å². The van der Waals surface area contributed by atoms with Gasteiger partial charge in [0.1, 0.15) is 5.54 Å². The van der Waals surface area contributed by atoms with Gasteiger partial charge in [0.05, 0.1) is 19.7 Å². The van der Waals surface area contributed by atoms with Gasteiger partial charge in [0.15, 0.2) is 0 Å². The highest BCUT2D eigenvalue weighted by Gasteiger charge is 2.52. The van der Waals surface area contributed by atoms with Crippen molar-refractivity contribution in [3.63, 3.8) is 0 Å². The van der Waals surface area contributed by atoms with Gasteiger partial charge in [-0.15, -0.1) is 0 Å². The van der Waals surface area contributed by atoms with Gasteiger partial charge >= 0.3 is 12.0 Å². The number of imide groups is 1. The minimum absolute atomic E-state index is 0.0531. The van der Waals surface area contributed by atoms with Gasteiger partial charge in [-0.2, -0.15) is 5.01 Å². The molecule has 0 aromatic heterocycles. The molecule has 1 fully saturated rings. The fraction of sp³-hybridized carbons (Fsp3) is 0.524. The molecule has 0 spiro atoms. The average Bonchev–Trinajstić information content (AvgIpc) is 2.93. The lowest BCUT2D eigenvalue weighted by Gasteiger charge is -2.26. The number of carbonyl (C=O) groups is 4. The third kappa shape index (κ3) is 5.35. The average molecular weight is 418 g/mol. The Morgan fingerprint density at radius 1 is 1.17 bits per heavy atom. The van der Waals surface area contributed by atoms with Crippen LogP contribution in [0.25, 0.3) is 0 Å². The molecule has 1 atom stereocenters. The van der Waals surface area contributed by atoms with Crippen molar-refractivity contribution >= 4 is 23.8 Å². The van der Waals surface area contributed by atoms with Crippen LogP contribution in [0.3, 0.4) is 0 Å². The van der Waals surface area contributed by atoms with Gasteiger partial charge in [-0.05, 0) is 24.8 Å². The molecule has 2 rings (SSSR count). The molecule has 1 saturated heterocycles. The Bertz CT molecular complexity index is 783. The predicted octanol–water partition coefficient (Wildman–Crippen LogP) is 1.40. The van der Waals surface area contributed by atoms with E-state index in [1.165, 1.54) is 0 Å². The summed E-state index contributed by atoms with van der Waals surface area (Å²) in [6.45, 7) is 7.95. The molecule has 0 saturated carbocycles. The Morgan fingerprint density at radius 2 is 1.83 bits per heavy atom. The van der Waals surface area contributed by atoms with Crippen LogP contribution in [0, 0.1) is 5.92 Å². The van der Waals surface area contributed by atoms with Crippen LogP contribution in [-0.2, 0) is 24.7 Å². The smallest absolute Gasteiger partial charge is 0.344 e. The highest BCUT2D eigenvalue weighted by Crippen LogP contribution is 2.31. The number of carbonyl (C=O) groups excluding carboxylic acids is 4. The molecule has 1 heterocycles. The Labute approximate surface area is 176 Å². The zero-order chi connectivity index (χ0) is 22.3. The van der Waals surface area contributed by atoms with Crippen molar-refractivity contribution in [3.8, 4) is 0 Å². The van der Waals surface area contributed by atoms with E-state index in [9.17, 15) is 19.2 Å². The largest absolute Gasteiger partial charge is 0.465 e. The van der Waals surface area contributed by atoms with E-state index in [1.54, 1.807) is 43.0 Å². The number of hydrazine groups is 1. The molecular formula is C21H30N4O5. The molecule has 1 aliphatic heterocycles. The second kappa shape index (κ2) is 10.2. The number of esters is 1. The number of urea groups is 1. The SMILES string of the molecule is CCOC(=O)CN(CC(=O)NN1C(=O)NC(CC)(c2ccccc2)C1=O)CC(C)C. The third-order valence-electron chi connectivity index (χ3n) is 4.77. The molecule has 1 aromatic carbocycles. The fourth-order valence-corrected chi connectivity index (χ4v) is 3.49. The molecular weight excluding hydrogens is 388 g/mol. The summed E-state index contributed by atoms with van der Waals surface area (Å²) < 4.78 is 4.95. The molecule has 164 valence electrons. The van der Waals surface area contributed by atoms with Gasteiger partial charge in [-0.25, -0.2) is 4.79 Å². The fourth-order valence-electron chi connectivity index (χ4n) is 3.49. The first-order valence-electron chi connectivity index (χ1n) is 10.1. The molecule has 30 heavy (non-hydrogen) atoms. The van der Waals surface area contributed by atoms with Crippen molar-refractivity contribution in [1.29, 1.82) is 0 Å². The maximum atomic E-state index is 13.1. The van der Waals surface area contributed by atoms with Crippen LogP contribution in [0.4, 0.5) is 4.79 Å². The van der Waals surface area contributed by atoms with Crippen molar-refractivity contribution < 1.29 is 23.9 Å². The predicted molar refractivity (Wildman–Crippen MR) is 110 cm³/mol. The maximum absolute atomic E-state index is 13.1. The van der Waals surface area contributed by atoms with Gasteiger partial charge in [0, 0.05) is 6.54 Å². The summed E-state index contributed by atoms with van der Waals surface area (Å²) in [7, 11) is 0. The highest BCUT2D eigenvalue weighted by atomic mass is 16.5. The molecule has 9 heteroatoms. The third-order valence-corrected chi connectivity index (χ3v) is 4.77. The van der Waals surface area contributed by atoms with E-state index in [-0.39, 0.29) is 25.6 Å². The summed E-state index contributed by atoms with van der Waals surface area (Å²) in [5.74, 6) is -1.34. The van der Waals surface area contributed by atoms with Crippen molar-refractivity contribution in [1.82, 2.24) is 20.7 Å². The zero-order valence-corrected chi connectivity index (χ0v) is 17.9. The van der Waals surface area contributed by atoms with Crippen LogP contribution in [-0.4, -0.2) is 60.0 Å². The molecule has 4 amide bonds. The van der Waals surface area contributed by atoms with Crippen LogP contribution in [0.5, 0.6) is 0 Å². The van der Waals surface area contributed by atoms with Crippen molar-refractivity contribution in [2.24, 2.45) is 5.92 Å².